The molecule has 0 unspecified atom stereocenters. The molecule has 1 aliphatic rings. The van der Waals surface area contributed by atoms with Crippen LogP contribution >= 0.6 is 0 Å². The van der Waals surface area contributed by atoms with Crippen LogP contribution in [0.4, 0.5) is 14.5 Å². The Morgan fingerprint density at radius 2 is 2.13 bits per heavy atom. The van der Waals surface area contributed by atoms with E-state index in [1.54, 1.807) is 24.3 Å². The third-order valence-electron chi connectivity index (χ3n) is 2.59. The van der Waals surface area contributed by atoms with Crippen LogP contribution in [0.3, 0.4) is 0 Å². The molecular weight excluding hydrogens is 200 g/mol. The van der Waals surface area contributed by atoms with Crippen molar-refractivity contribution in [1.82, 2.24) is 0 Å². The molecule has 0 amide bonds. The predicted molar refractivity (Wildman–Crippen MR) is 52.2 cm³/mol. The van der Waals surface area contributed by atoms with Crippen LogP contribution in [-0.4, -0.2) is 5.92 Å². The summed E-state index contributed by atoms with van der Waals surface area (Å²) in [7, 11) is 0. The van der Waals surface area contributed by atoms with Gasteiger partial charge in [0.05, 0.1) is 0 Å². The third kappa shape index (κ3) is 2.07. The van der Waals surface area contributed by atoms with Gasteiger partial charge in [-0.15, -0.1) is 0 Å². The number of rotatable bonds is 2. The molecule has 0 aromatic heterocycles. The first-order valence-electron chi connectivity index (χ1n) is 4.64. The third-order valence-corrected chi connectivity index (χ3v) is 2.59. The number of benzene rings is 1. The van der Waals surface area contributed by atoms with Crippen molar-refractivity contribution in [3.05, 3.63) is 40.3 Å². The van der Waals surface area contributed by atoms with Gasteiger partial charge in [0.15, 0.2) is 0 Å². The second kappa shape index (κ2) is 3.51. The first-order chi connectivity index (χ1) is 7.11. The van der Waals surface area contributed by atoms with Gasteiger partial charge in [-0.3, -0.25) is 0 Å². The molecule has 0 spiro atoms. The molecule has 3 nitrogen and oxygen atoms in total. The van der Waals surface area contributed by atoms with Crippen molar-refractivity contribution in [2.75, 3.05) is 0 Å². The fourth-order valence-corrected chi connectivity index (χ4v) is 1.79. The highest BCUT2D eigenvalue weighted by Crippen LogP contribution is 2.48. The molecule has 78 valence electrons. The van der Waals surface area contributed by atoms with Crippen LogP contribution in [0.2, 0.25) is 0 Å². The number of hydrogen-bond donors (Lipinski definition) is 0. The van der Waals surface area contributed by atoms with Crippen LogP contribution in [0.15, 0.2) is 29.4 Å². The molecule has 0 saturated heterocycles. The largest absolute Gasteiger partial charge is 0.249 e. The molecule has 1 aromatic carbocycles. The van der Waals surface area contributed by atoms with Gasteiger partial charge in [0.1, 0.15) is 0 Å². The smallest absolute Gasteiger partial charge is 0.207 e. The van der Waals surface area contributed by atoms with E-state index >= 15 is 0 Å². The van der Waals surface area contributed by atoms with E-state index in [-0.39, 0.29) is 18.8 Å². The maximum Gasteiger partial charge on any atom is 0.249 e. The van der Waals surface area contributed by atoms with E-state index < -0.39 is 5.92 Å². The highest BCUT2D eigenvalue weighted by molar-refractivity contribution is 5.42. The number of alkyl halides is 2. The topological polar surface area (TPSA) is 48.8 Å². The molecule has 1 fully saturated rings. The van der Waals surface area contributed by atoms with E-state index in [1.165, 1.54) is 0 Å². The Morgan fingerprint density at radius 1 is 1.40 bits per heavy atom. The molecule has 1 aromatic rings. The van der Waals surface area contributed by atoms with Crippen LogP contribution in [0, 0.1) is 0 Å². The zero-order valence-electron chi connectivity index (χ0n) is 7.90. The van der Waals surface area contributed by atoms with Crippen molar-refractivity contribution in [3.8, 4) is 0 Å². The molecule has 0 N–H and O–H groups in total. The maximum atomic E-state index is 12.6. The van der Waals surface area contributed by atoms with E-state index in [0.717, 1.165) is 5.56 Å². The summed E-state index contributed by atoms with van der Waals surface area (Å²) in [6.07, 6.45) is -0.209. The summed E-state index contributed by atoms with van der Waals surface area (Å²) in [4.78, 5) is 2.66. The molecule has 1 aliphatic carbocycles. The minimum absolute atomic E-state index is 0.103. The van der Waals surface area contributed by atoms with Gasteiger partial charge in [-0.25, -0.2) is 8.78 Å². The summed E-state index contributed by atoms with van der Waals surface area (Å²) in [6.45, 7) is 0. The van der Waals surface area contributed by atoms with E-state index in [0.29, 0.717) is 5.69 Å². The Balaban J connectivity index is 2.16. The van der Waals surface area contributed by atoms with E-state index in [1.807, 2.05) is 0 Å². The van der Waals surface area contributed by atoms with Crippen LogP contribution in [-0.2, 0) is 0 Å². The summed E-state index contributed by atoms with van der Waals surface area (Å²) in [5.41, 5.74) is 9.54. The number of halogens is 2. The Bertz CT molecular complexity index is 416. The summed E-state index contributed by atoms with van der Waals surface area (Å²) < 4.78 is 25.3. The van der Waals surface area contributed by atoms with Crippen molar-refractivity contribution < 1.29 is 8.78 Å². The SMILES string of the molecule is [N-]=[N+]=Nc1cccc(C2CC(F)(F)C2)c1. The van der Waals surface area contributed by atoms with Crippen LogP contribution < -0.4 is 0 Å². The first-order valence-corrected chi connectivity index (χ1v) is 4.64. The summed E-state index contributed by atoms with van der Waals surface area (Å²) in [5.74, 6) is -2.62. The predicted octanol–water partition coefficient (Wildman–Crippen LogP) is 4.14. The average Bonchev–Trinajstić information content (AvgIpc) is 2.15. The van der Waals surface area contributed by atoms with Gasteiger partial charge in [0.25, 0.3) is 0 Å². The van der Waals surface area contributed by atoms with Gasteiger partial charge in [-0.2, -0.15) is 0 Å². The highest BCUT2D eigenvalue weighted by atomic mass is 19.3. The molecule has 1 saturated carbocycles. The number of nitrogens with zero attached hydrogens (tertiary/aromatic N) is 3. The van der Waals surface area contributed by atoms with Crippen molar-refractivity contribution in [1.29, 1.82) is 0 Å². The maximum absolute atomic E-state index is 12.6. The van der Waals surface area contributed by atoms with Crippen molar-refractivity contribution >= 4 is 5.69 Å². The molecular formula is C10H9F2N3. The Labute approximate surface area is 85.4 Å². The molecule has 15 heavy (non-hydrogen) atoms. The van der Waals surface area contributed by atoms with Gasteiger partial charge < -0.3 is 0 Å². The van der Waals surface area contributed by atoms with E-state index in [9.17, 15) is 8.78 Å². The molecule has 0 bridgehead atoms. The van der Waals surface area contributed by atoms with Crippen molar-refractivity contribution in [2.45, 2.75) is 24.7 Å². The fourth-order valence-electron chi connectivity index (χ4n) is 1.79. The lowest BCUT2D eigenvalue weighted by atomic mass is 9.77. The van der Waals surface area contributed by atoms with Gasteiger partial charge in [0.2, 0.25) is 5.92 Å². The highest BCUT2D eigenvalue weighted by Gasteiger charge is 2.45. The van der Waals surface area contributed by atoms with Crippen LogP contribution in [0.5, 0.6) is 0 Å². The Hall–Kier alpha value is -1.61. The Kier molecular flexibility index (Phi) is 2.32. The van der Waals surface area contributed by atoms with Gasteiger partial charge >= 0.3 is 0 Å². The van der Waals surface area contributed by atoms with Gasteiger partial charge in [-0.1, -0.05) is 23.3 Å². The fraction of sp³-hybridized carbons (Fsp3) is 0.400. The second-order valence-electron chi connectivity index (χ2n) is 3.75. The molecule has 2 rings (SSSR count). The molecule has 0 heterocycles. The summed E-state index contributed by atoms with van der Waals surface area (Å²) in [5, 5.41) is 3.44. The quantitative estimate of drug-likeness (QED) is 0.399. The standard InChI is InChI=1S/C10H9F2N3/c11-10(12)5-8(6-10)7-2-1-3-9(4-7)14-15-13/h1-4,8H,5-6H2. The number of azide groups is 1. The minimum Gasteiger partial charge on any atom is -0.207 e. The zero-order chi connectivity index (χ0) is 10.9. The number of hydrogen-bond acceptors (Lipinski definition) is 1. The molecule has 0 radical (unpaired) electrons. The van der Waals surface area contributed by atoms with Crippen molar-refractivity contribution in [3.63, 3.8) is 0 Å². The minimum atomic E-state index is -2.51. The van der Waals surface area contributed by atoms with Crippen molar-refractivity contribution in [2.24, 2.45) is 5.11 Å². The Morgan fingerprint density at radius 3 is 2.73 bits per heavy atom. The monoisotopic (exact) mass is 209 g/mol. The molecule has 0 aliphatic heterocycles. The second-order valence-corrected chi connectivity index (χ2v) is 3.75. The lowest BCUT2D eigenvalue weighted by Gasteiger charge is -2.35. The molecule has 0 atom stereocenters. The van der Waals surface area contributed by atoms with Gasteiger partial charge in [-0.05, 0) is 23.1 Å². The van der Waals surface area contributed by atoms with E-state index in [4.69, 9.17) is 5.53 Å². The van der Waals surface area contributed by atoms with E-state index in [2.05, 4.69) is 10.0 Å². The lowest BCUT2D eigenvalue weighted by Crippen LogP contribution is -2.33. The first kappa shape index (κ1) is 9.93. The lowest BCUT2D eigenvalue weighted by molar-refractivity contribution is -0.0867. The van der Waals surface area contributed by atoms with Crippen LogP contribution in [0.1, 0.15) is 24.3 Å². The summed E-state index contributed by atoms with van der Waals surface area (Å²) in [6, 6.07) is 6.83. The normalized spacial score (nSPS) is 19.1. The molecule has 5 heteroatoms. The van der Waals surface area contributed by atoms with Gasteiger partial charge in [0, 0.05) is 23.4 Å². The zero-order valence-corrected chi connectivity index (χ0v) is 7.90. The average molecular weight is 209 g/mol. The van der Waals surface area contributed by atoms with Crippen LogP contribution in [0.25, 0.3) is 10.4 Å². The summed E-state index contributed by atoms with van der Waals surface area (Å²) >= 11 is 0.